The quantitative estimate of drug-likeness (QED) is 0.450. The minimum absolute atomic E-state index is 0.0523. The number of hydrogen-bond donors (Lipinski definition) is 2. The molecule has 0 aliphatic heterocycles. The van der Waals surface area contributed by atoms with Gasteiger partial charge in [-0.2, -0.15) is 0 Å². The van der Waals surface area contributed by atoms with Crippen LogP contribution in [0.2, 0.25) is 0 Å². The maximum Gasteiger partial charge on any atom is 0.331 e. The molecule has 0 radical (unpaired) electrons. The van der Waals surface area contributed by atoms with Gasteiger partial charge in [0.1, 0.15) is 6.54 Å². The number of aromatic nitrogens is 2. The van der Waals surface area contributed by atoms with Crippen LogP contribution in [0.4, 0.5) is 0 Å². The van der Waals surface area contributed by atoms with Crippen LogP contribution in [-0.2, 0) is 29.2 Å². The van der Waals surface area contributed by atoms with Gasteiger partial charge in [0.2, 0.25) is 11.8 Å². The van der Waals surface area contributed by atoms with E-state index in [1.54, 1.807) is 24.3 Å². The van der Waals surface area contributed by atoms with Gasteiger partial charge >= 0.3 is 5.69 Å². The minimum Gasteiger partial charge on any atom is -0.354 e. The Morgan fingerprint density at radius 1 is 0.912 bits per heavy atom. The second-order valence-corrected chi connectivity index (χ2v) is 8.78. The van der Waals surface area contributed by atoms with E-state index in [-0.39, 0.29) is 36.5 Å². The first-order chi connectivity index (χ1) is 16.3. The summed E-state index contributed by atoms with van der Waals surface area (Å²) in [5, 5.41) is 6.05. The molecular weight excluding hydrogens is 432 g/mol. The van der Waals surface area contributed by atoms with Crippen LogP contribution >= 0.6 is 0 Å². The molecule has 0 aliphatic rings. The Morgan fingerprint density at radius 2 is 1.62 bits per heavy atom. The highest BCUT2D eigenvalue weighted by atomic mass is 16.2. The van der Waals surface area contributed by atoms with Crippen LogP contribution < -0.4 is 21.9 Å². The first-order valence-corrected chi connectivity index (χ1v) is 11.6. The van der Waals surface area contributed by atoms with Crippen LogP contribution in [0, 0.1) is 6.92 Å². The molecular formula is C26H32N4O4. The molecule has 34 heavy (non-hydrogen) atoms. The van der Waals surface area contributed by atoms with Gasteiger partial charge in [0.15, 0.2) is 0 Å². The smallest absolute Gasteiger partial charge is 0.331 e. The standard InChI is InChI=1S/C26H32N4O4/c1-18(2)28-23(31)10-6-7-15-29-25(33)21-8-4-5-9-22(21)30(26(29)34)17-24(32)27-16-20-13-11-19(3)12-14-20/h4-5,8-9,11-14,18H,6-7,10,15-17H2,1-3H3,(H,27,32)(H,28,31). The number of aryl methyl sites for hydroxylation is 1. The largest absolute Gasteiger partial charge is 0.354 e. The van der Waals surface area contributed by atoms with Crippen molar-refractivity contribution in [2.45, 2.75) is 65.7 Å². The minimum atomic E-state index is -0.527. The molecule has 180 valence electrons. The summed E-state index contributed by atoms with van der Waals surface area (Å²) in [4.78, 5) is 50.7. The lowest BCUT2D eigenvalue weighted by atomic mass is 10.1. The number of carbonyl (C=O) groups excluding carboxylic acids is 2. The van der Waals surface area contributed by atoms with Crippen LogP contribution in [0.1, 0.15) is 44.2 Å². The molecule has 0 fully saturated rings. The van der Waals surface area contributed by atoms with E-state index >= 15 is 0 Å². The number of fused-ring (bicyclic) bond motifs is 1. The number of hydrogen-bond acceptors (Lipinski definition) is 4. The lowest BCUT2D eigenvalue weighted by Gasteiger charge is -2.14. The van der Waals surface area contributed by atoms with Gasteiger partial charge in [-0.05, 0) is 51.3 Å². The second kappa shape index (κ2) is 11.4. The Hall–Kier alpha value is -3.68. The number of nitrogens with zero attached hydrogens (tertiary/aromatic N) is 2. The molecule has 0 bridgehead atoms. The predicted molar refractivity (Wildman–Crippen MR) is 133 cm³/mol. The van der Waals surface area contributed by atoms with Crippen molar-refractivity contribution in [3.05, 3.63) is 80.5 Å². The van der Waals surface area contributed by atoms with Gasteiger partial charge < -0.3 is 10.6 Å². The van der Waals surface area contributed by atoms with E-state index in [0.29, 0.717) is 36.7 Å². The van der Waals surface area contributed by atoms with Crippen molar-refractivity contribution in [1.29, 1.82) is 0 Å². The van der Waals surface area contributed by atoms with Crippen LogP contribution in [0.25, 0.3) is 10.9 Å². The Balaban J connectivity index is 1.76. The molecule has 1 heterocycles. The normalized spacial score (nSPS) is 11.1. The Kier molecular flexibility index (Phi) is 8.40. The number of rotatable bonds is 10. The molecule has 0 saturated heterocycles. The molecule has 1 aromatic heterocycles. The summed E-state index contributed by atoms with van der Waals surface area (Å²) < 4.78 is 2.50. The Labute approximate surface area is 198 Å². The van der Waals surface area contributed by atoms with Crippen LogP contribution in [0.15, 0.2) is 58.1 Å². The fourth-order valence-corrected chi connectivity index (χ4v) is 3.78. The van der Waals surface area contributed by atoms with Gasteiger partial charge in [-0.25, -0.2) is 4.79 Å². The summed E-state index contributed by atoms with van der Waals surface area (Å²) in [5.41, 5.74) is 1.61. The molecule has 0 saturated carbocycles. The summed E-state index contributed by atoms with van der Waals surface area (Å²) in [6.45, 7) is 6.13. The fourth-order valence-electron chi connectivity index (χ4n) is 3.78. The van der Waals surface area contributed by atoms with Crippen molar-refractivity contribution in [1.82, 2.24) is 19.8 Å². The molecule has 2 N–H and O–H groups in total. The van der Waals surface area contributed by atoms with E-state index in [1.165, 1.54) is 4.57 Å². The number of amides is 2. The highest BCUT2D eigenvalue weighted by molar-refractivity contribution is 5.81. The van der Waals surface area contributed by atoms with Crippen LogP contribution in [0.5, 0.6) is 0 Å². The van der Waals surface area contributed by atoms with Crippen LogP contribution in [0.3, 0.4) is 0 Å². The van der Waals surface area contributed by atoms with Gasteiger partial charge in [-0.3, -0.25) is 23.5 Å². The first-order valence-electron chi connectivity index (χ1n) is 11.6. The lowest BCUT2D eigenvalue weighted by molar-refractivity contribution is -0.122. The number of para-hydroxylation sites is 1. The summed E-state index contributed by atoms with van der Waals surface area (Å²) >= 11 is 0. The average molecular weight is 465 g/mol. The molecule has 0 aliphatic carbocycles. The maximum atomic E-state index is 13.2. The number of unbranched alkanes of at least 4 members (excludes halogenated alkanes) is 1. The Bertz CT molecular complexity index is 1270. The second-order valence-electron chi connectivity index (χ2n) is 8.78. The number of carbonyl (C=O) groups is 2. The van der Waals surface area contributed by atoms with Crippen molar-refractivity contribution in [2.24, 2.45) is 0 Å². The van der Waals surface area contributed by atoms with Crippen LogP contribution in [-0.4, -0.2) is 27.0 Å². The van der Waals surface area contributed by atoms with E-state index < -0.39 is 5.69 Å². The van der Waals surface area contributed by atoms with E-state index in [2.05, 4.69) is 10.6 Å². The van der Waals surface area contributed by atoms with Gasteiger partial charge in [0.05, 0.1) is 10.9 Å². The van der Waals surface area contributed by atoms with Gasteiger partial charge in [0.25, 0.3) is 5.56 Å². The summed E-state index contributed by atoms with van der Waals surface area (Å²) in [5.74, 6) is -0.369. The molecule has 3 aromatic rings. The zero-order valence-corrected chi connectivity index (χ0v) is 20.0. The predicted octanol–water partition coefficient (Wildman–Crippen LogP) is 2.48. The average Bonchev–Trinajstić information content (AvgIpc) is 2.80. The van der Waals surface area contributed by atoms with E-state index in [0.717, 1.165) is 15.7 Å². The number of nitrogens with one attached hydrogen (secondary N) is 2. The Morgan fingerprint density at radius 3 is 2.32 bits per heavy atom. The SMILES string of the molecule is Cc1ccc(CNC(=O)Cn2c(=O)n(CCCCC(=O)NC(C)C)c(=O)c3ccccc32)cc1. The van der Waals surface area contributed by atoms with Gasteiger partial charge in [-0.15, -0.1) is 0 Å². The van der Waals surface area contributed by atoms with E-state index in [9.17, 15) is 19.2 Å². The van der Waals surface area contributed by atoms with Crippen molar-refractivity contribution in [2.75, 3.05) is 0 Å². The molecule has 0 spiro atoms. The highest BCUT2D eigenvalue weighted by Crippen LogP contribution is 2.08. The molecule has 8 heteroatoms. The van der Waals surface area contributed by atoms with Crippen molar-refractivity contribution in [3.8, 4) is 0 Å². The molecule has 2 aromatic carbocycles. The summed E-state index contributed by atoms with van der Waals surface area (Å²) in [6.07, 6.45) is 1.38. The van der Waals surface area contributed by atoms with Gasteiger partial charge in [-0.1, -0.05) is 42.0 Å². The fraction of sp³-hybridized carbons (Fsp3) is 0.385. The molecule has 0 unspecified atom stereocenters. The molecule has 8 nitrogen and oxygen atoms in total. The summed E-state index contributed by atoms with van der Waals surface area (Å²) in [7, 11) is 0. The van der Waals surface area contributed by atoms with E-state index in [4.69, 9.17) is 0 Å². The number of benzene rings is 2. The third-order valence-electron chi connectivity index (χ3n) is 5.53. The molecule has 3 rings (SSSR count). The van der Waals surface area contributed by atoms with E-state index in [1.807, 2.05) is 45.0 Å². The van der Waals surface area contributed by atoms with Crippen molar-refractivity contribution in [3.63, 3.8) is 0 Å². The monoisotopic (exact) mass is 464 g/mol. The third-order valence-corrected chi connectivity index (χ3v) is 5.53. The van der Waals surface area contributed by atoms with Crippen molar-refractivity contribution >= 4 is 22.7 Å². The lowest BCUT2D eigenvalue weighted by Crippen LogP contribution is -2.42. The zero-order chi connectivity index (χ0) is 24.7. The van der Waals surface area contributed by atoms with Gasteiger partial charge in [0, 0.05) is 25.6 Å². The third kappa shape index (κ3) is 6.43. The summed E-state index contributed by atoms with van der Waals surface area (Å²) in [6, 6.07) is 14.7. The maximum absolute atomic E-state index is 13.2. The highest BCUT2D eigenvalue weighted by Gasteiger charge is 2.15. The zero-order valence-electron chi connectivity index (χ0n) is 20.0. The first kappa shape index (κ1) is 25.0. The molecule has 0 atom stereocenters. The molecule has 2 amide bonds. The topological polar surface area (TPSA) is 102 Å². The van der Waals surface area contributed by atoms with Crippen molar-refractivity contribution < 1.29 is 9.59 Å².